The van der Waals surface area contributed by atoms with E-state index < -0.39 is 20.6 Å². The zero-order valence-corrected chi connectivity index (χ0v) is 12.3. The van der Waals surface area contributed by atoms with Crippen molar-refractivity contribution in [2.24, 2.45) is 5.84 Å². The lowest BCUT2D eigenvalue weighted by atomic mass is 10.2. The first kappa shape index (κ1) is 15.7. The van der Waals surface area contributed by atoms with E-state index in [0.29, 0.717) is 13.1 Å². The van der Waals surface area contributed by atoms with E-state index in [1.165, 1.54) is 16.4 Å². The fourth-order valence-corrected chi connectivity index (χ4v) is 4.04. The van der Waals surface area contributed by atoms with Crippen LogP contribution < -0.4 is 11.3 Å². The second kappa shape index (κ2) is 6.37. The van der Waals surface area contributed by atoms with Crippen molar-refractivity contribution in [2.75, 3.05) is 18.5 Å². The van der Waals surface area contributed by atoms with E-state index in [1.54, 1.807) is 0 Å². The fraction of sp³-hybridized carbons (Fsp3) is 0.500. The topological polar surface area (TPSA) is 119 Å². The number of nitrogens with zero attached hydrogens (tertiary/aromatic N) is 2. The zero-order chi connectivity index (χ0) is 15.5. The molecular weight excluding hydrogens is 296 g/mol. The highest BCUT2D eigenvalue weighted by molar-refractivity contribution is 7.89. The maximum Gasteiger partial charge on any atom is 0.291 e. The van der Waals surface area contributed by atoms with Gasteiger partial charge in [0, 0.05) is 19.2 Å². The highest BCUT2D eigenvalue weighted by Gasteiger charge is 2.32. The van der Waals surface area contributed by atoms with Crippen LogP contribution in [0.25, 0.3) is 0 Å². The van der Waals surface area contributed by atoms with Crippen molar-refractivity contribution in [2.45, 2.75) is 30.6 Å². The number of nitro benzene ring substituents is 1. The molecule has 0 radical (unpaired) electrons. The minimum atomic E-state index is -3.86. The van der Waals surface area contributed by atoms with Crippen LogP contribution in [0.15, 0.2) is 23.1 Å². The maximum atomic E-state index is 12.6. The molecule has 8 nitrogen and oxygen atoms in total. The molecule has 1 heterocycles. The maximum absolute atomic E-state index is 12.6. The molecular formula is C12H18N4O4S. The number of hydrogen-bond acceptors (Lipinski definition) is 6. The van der Waals surface area contributed by atoms with Crippen LogP contribution in [-0.2, 0) is 10.0 Å². The van der Waals surface area contributed by atoms with E-state index in [-0.39, 0.29) is 10.6 Å². The van der Waals surface area contributed by atoms with Gasteiger partial charge in [0.05, 0.1) is 10.6 Å². The van der Waals surface area contributed by atoms with Crippen LogP contribution in [0.2, 0.25) is 0 Å². The van der Waals surface area contributed by atoms with Crippen LogP contribution >= 0.6 is 0 Å². The number of hydrazine groups is 1. The first-order valence-corrected chi connectivity index (χ1v) is 8.16. The van der Waals surface area contributed by atoms with Gasteiger partial charge < -0.3 is 5.43 Å². The minimum Gasteiger partial charge on any atom is -0.324 e. The second-order valence-electron chi connectivity index (χ2n) is 4.90. The summed E-state index contributed by atoms with van der Waals surface area (Å²) in [4.78, 5) is 10.2. The molecule has 0 aromatic heterocycles. The first-order valence-electron chi connectivity index (χ1n) is 6.72. The molecule has 0 amide bonds. The lowest BCUT2D eigenvalue weighted by Crippen LogP contribution is -2.32. The van der Waals surface area contributed by atoms with E-state index in [2.05, 4.69) is 5.43 Å². The molecule has 0 spiro atoms. The van der Waals surface area contributed by atoms with E-state index >= 15 is 0 Å². The molecule has 2 rings (SSSR count). The summed E-state index contributed by atoms with van der Waals surface area (Å²) in [7, 11) is -3.86. The van der Waals surface area contributed by atoms with E-state index in [4.69, 9.17) is 5.84 Å². The largest absolute Gasteiger partial charge is 0.324 e. The third-order valence-electron chi connectivity index (χ3n) is 3.51. The molecule has 1 aromatic rings. The number of nitrogen functional groups attached to an aromatic ring is 1. The molecule has 0 atom stereocenters. The van der Waals surface area contributed by atoms with Crippen molar-refractivity contribution in [3.05, 3.63) is 28.3 Å². The molecule has 1 aliphatic rings. The van der Waals surface area contributed by atoms with Gasteiger partial charge >= 0.3 is 0 Å². The van der Waals surface area contributed by atoms with Gasteiger partial charge in [-0.05, 0) is 25.0 Å². The van der Waals surface area contributed by atoms with Gasteiger partial charge in [0.1, 0.15) is 0 Å². The Balaban J connectivity index is 2.45. The number of rotatable bonds is 4. The van der Waals surface area contributed by atoms with Crippen LogP contribution in [0.1, 0.15) is 25.7 Å². The third-order valence-corrected chi connectivity index (χ3v) is 5.45. The molecule has 1 aliphatic heterocycles. The lowest BCUT2D eigenvalue weighted by Gasteiger charge is -2.20. The van der Waals surface area contributed by atoms with Gasteiger partial charge in [-0.3, -0.25) is 16.0 Å². The highest BCUT2D eigenvalue weighted by Crippen LogP contribution is 2.30. The summed E-state index contributed by atoms with van der Waals surface area (Å²) in [6, 6.07) is 3.77. The quantitative estimate of drug-likeness (QED) is 0.493. The normalized spacial score (nSPS) is 17.2. The molecule has 0 unspecified atom stereocenters. The molecule has 3 N–H and O–H groups in total. The molecule has 0 aliphatic carbocycles. The van der Waals surface area contributed by atoms with Gasteiger partial charge in [0.2, 0.25) is 10.0 Å². The molecule has 116 valence electrons. The Labute approximate surface area is 123 Å². The van der Waals surface area contributed by atoms with Gasteiger partial charge in [-0.2, -0.15) is 4.31 Å². The van der Waals surface area contributed by atoms with Crippen LogP contribution in [0.4, 0.5) is 11.4 Å². The number of anilines is 1. The zero-order valence-electron chi connectivity index (χ0n) is 11.5. The molecule has 1 saturated heterocycles. The molecule has 1 aromatic carbocycles. The number of benzene rings is 1. The summed E-state index contributed by atoms with van der Waals surface area (Å²) in [5.41, 5.74) is 2.10. The summed E-state index contributed by atoms with van der Waals surface area (Å²) in [5.74, 6) is 5.21. The van der Waals surface area contributed by atoms with E-state index in [9.17, 15) is 18.5 Å². The summed E-state index contributed by atoms with van der Waals surface area (Å²) in [5, 5.41) is 11.1. The van der Waals surface area contributed by atoms with Gasteiger partial charge in [-0.1, -0.05) is 12.8 Å². The van der Waals surface area contributed by atoms with Crippen LogP contribution in [-0.4, -0.2) is 30.7 Å². The summed E-state index contributed by atoms with van der Waals surface area (Å²) in [6.07, 6.45) is 3.50. The predicted octanol–water partition coefficient (Wildman–Crippen LogP) is 1.45. The van der Waals surface area contributed by atoms with Gasteiger partial charge in [-0.15, -0.1) is 0 Å². The number of nitro groups is 1. The average Bonchev–Trinajstić information content (AvgIpc) is 2.76. The second-order valence-corrected chi connectivity index (χ2v) is 6.81. The van der Waals surface area contributed by atoms with Crippen molar-refractivity contribution in [1.29, 1.82) is 0 Å². The molecule has 0 bridgehead atoms. The minimum absolute atomic E-state index is 0.284. The Kier molecular flexibility index (Phi) is 4.76. The molecule has 9 heteroatoms. The highest BCUT2D eigenvalue weighted by atomic mass is 32.2. The number of hydrogen-bond donors (Lipinski definition) is 2. The number of nitrogens with two attached hydrogens (primary N) is 1. The predicted molar refractivity (Wildman–Crippen MR) is 78.1 cm³/mol. The Morgan fingerprint density at radius 1 is 1.19 bits per heavy atom. The first-order chi connectivity index (χ1) is 9.96. The fourth-order valence-electron chi connectivity index (χ4n) is 2.39. The monoisotopic (exact) mass is 314 g/mol. The Bertz CT molecular complexity index is 624. The molecule has 21 heavy (non-hydrogen) atoms. The summed E-state index contributed by atoms with van der Waals surface area (Å²) >= 11 is 0. The number of sulfonamides is 1. The van der Waals surface area contributed by atoms with Crippen LogP contribution in [0.3, 0.4) is 0 Å². The van der Waals surface area contributed by atoms with E-state index in [1.807, 2.05) is 0 Å². The van der Waals surface area contributed by atoms with Crippen molar-refractivity contribution in [1.82, 2.24) is 4.31 Å². The summed E-state index contributed by atoms with van der Waals surface area (Å²) in [6.45, 7) is 0.798. The van der Waals surface area contributed by atoms with Crippen molar-refractivity contribution < 1.29 is 13.3 Å². The van der Waals surface area contributed by atoms with Crippen molar-refractivity contribution in [3.8, 4) is 0 Å². The van der Waals surface area contributed by atoms with Gasteiger partial charge in [0.15, 0.2) is 4.90 Å². The van der Waals surface area contributed by atoms with Crippen molar-refractivity contribution in [3.63, 3.8) is 0 Å². The average molecular weight is 314 g/mol. The third kappa shape index (κ3) is 3.31. The molecule has 1 fully saturated rings. The molecule has 0 saturated carbocycles. The lowest BCUT2D eigenvalue weighted by molar-refractivity contribution is -0.387. The Morgan fingerprint density at radius 3 is 2.33 bits per heavy atom. The Hall–Kier alpha value is -1.71. The van der Waals surface area contributed by atoms with Gasteiger partial charge in [-0.25, -0.2) is 8.42 Å². The van der Waals surface area contributed by atoms with E-state index in [0.717, 1.165) is 31.7 Å². The Morgan fingerprint density at radius 2 is 1.81 bits per heavy atom. The van der Waals surface area contributed by atoms with Crippen LogP contribution in [0, 0.1) is 10.1 Å². The standard InChI is InChI=1S/C12H18N4O4S/c13-14-10-5-6-12(11(9-10)16(17)18)21(19,20)15-7-3-1-2-4-8-15/h5-6,9,14H,1-4,7-8,13H2. The van der Waals surface area contributed by atoms with Crippen LogP contribution in [0.5, 0.6) is 0 Å². The van der Waals surface area contributed by atoms with Gasteiger partial charge in [0.25, 0.3) is 5.69 Å². The van der Waals surface area contributed by atoms with Crippen molar-refractivity contribution >= 4 is 21.4 Å². The smallest absolute Gasteiger partial charge is 0.291 e. The summed E-state index contributed by atoms with van der Waals surface area (Å²) < 4.78 is 26.6. The SMILES string of the molecule is NNc1ccc(S(=O)(=O)N2CCCCCC2)c([N+](=O)[O-])c1. The number of nitrogens with one attached hydrogen (secondary N) is 1.